The molecule has 1 amide bonds. The van der Waals surface area contributed by atoms with Crippen LogP contribution in [0.3, 0.4) is 0 Å². The van der Waals surface area contributed by atoms with Crippen molar-refractivity contribution >= 4 is 38.8 Å². The van der Waals surface area contributed by atoms with Gasteiger partial charge >= 0.3 is 5.97 Å². The van der Waals surface area contributed by atoms with Crippen molar-refractivity contribution in [1.82, 2.24) is 4.90 Å². The third-order valence-electron chi connectivity index (χ3n) is 4.04. The van der Waals surface area contributed by atoms with Crippen LogP contribution in [-0.2, 0) is 4.79 Å². The molecule has 1 atom stereocenters. The average Bonchev–Trinajstić information content (AvgIpc) is 2.90. The second-order valence-electron chi connectivity index (χ2n) is 5.68. The quantitative estimate of drug-likeness (QED) is 0.884. The fourth-order valence-corrected chi connectivity index (χ4v) is 3.50. The summed E-state index contributed by atoms with van der Waals surface area (Å²) in [5.74, 6) is -1.31. The standard InChI is InChI=1S/C16H16BrNO4/c1-9-5-12(17)6-11-7-13(22-14(9)11)15(19)18-4-2-3-10(8-18)16(20)21/h5-7,10H,2-4,8H2,1H3,(H,20,21). The van der Waals surface area contributed by atoms with Gasteiger partial charge in [-0.05, 0) is 43.5 Å². The van der Waals surface area contributed by atoms with Crippen molar-refractivity contribution in [2.45, 2.75) is 19.8 Å². The highest BCUT2D eigenvalue weighted by Crippen LogP contribution is 2.28. The summed E-state index contributed by atoms with van der Waals surface area (Å²) in [5, 5.41) is 9.99. The second kappa shape index (κ2) is 5.76. The number of likely N-dealkylation sites (tertiary alicyclic amines) is 1. The van der Waals surface area contributed by atoms with Gasteiger partial charge in [-0.15, -0.1) is 0 Å². The number of carboxylic acids is 1. The molecular formula is C16H16BrNO4. The van der Waals surface area contributed by atoms with Gasteiger partial charge in [-0.3, -0.25) is 9.59 Å². The first-order chi connectivity index (χ1) is 10.5. The number of hydrogen-bond acceptors (Lipinski definition) is 3. The molecule has 1 aromatic carbocycles. The predicted octanol–water partition coefficient (Wildman–Crippen LogP) is 3.44. The number of piperidine rings is 1. The van der Waals surface area contributed by atoms with Gasteiger partial charge in [0.05, 0.1) is 5.92 Å². The molecule has 22 heavy (non-hydrogen) atoms. The molecule has 1 saturated heterocycles. The summed E-state index contributed by atoms with van der Waals surface area (Å²) in [4.78, 5) is 25.3. The van der Waals surface area contributed by atoms with Gasteiger partial charge in [-0.25, -0.2) is 0 Å². The minimum absolute atomic E-state index is 0.238. The lowest BCUT2D eigenvalue weighted by Crippen LogP contribution is -2.42. The van der Waals surface area contributed by atoms with E-state index in [-0.39, 0.29) is 18.2 Å². The lowest BCUT2D eigenvalue weighted by molar-refractivity contribution is -0.143. The normalized spacial score (nSPS) is 18.6. The smallest absolute Gasteiger partial charge is 0.308 e. The zero-order chi connectivity index (χ0) is 15.9. The number of amides is 1. The van der Waals surface area contributed by atoms with Crippen molar-refractivity contribution in [3.63, 3.8) is 0 Å². The van der Waals surface area contributed by atoms with Crippen molar-refractivity contribution in [1.29, 1.82) is 0 Å². The van der Waals surface area contributed by atoms with Crippen LogP contribution in [0.5, 0.6) is 0 Å². The molecule has 116 valence electrons. The Bertz CT molecular complexity index is 752. The molecule has 3 rings (SSSR count). The number of carbonyl (C=O) groups excluding carboxylic acids is 1. The maximum Gasteiger partial charge on any atom is 0.308 e. The van der Waals surface area contributed by atoms with E-state index in [9.17, 15) is 9.59 Å². The minimum Gasteiger partial charge on any atom is -0.481 e. The molecule has 1 aliphatic heterocycles. The van der Waals surface area contributed by atoms with Crippen LogP contribution >= 0.6 is 15.9 Å². The summed E-state index contributed by atoms with van der Waals surface area (Å²) in [6.45, 7) is 2.74. The molecule has 0 radical (unpaired) electrons. The number of rotatable bonds is 2. The Balaban J connectivity index is 1.89. The fraction of sp³-hybridized carbons (Fsp3) is 0.375. The van der Waals surface area contributed by atoms with Gasteiger partial charge in [-0.1, -0.05) is 15.9 Å². The zero-order valence-electron chi connectivity index (χ0n) is 12.1. The maximum atomic E-state index is 12.6. The molecular weight excluding hydrogens is 350 g/mol. The molecule has 0 aliphatic carbocycles. The number of furan rings is 1. The minimum atomic E-state index is -0.845. The monoisotopic (exact) mass is 365 g/mol. The summed E-state index contributed by atoms with van der Waals surface area (Å²) in [6.07, 6.45) is 1.32. The summed E-state index contributed by atoms with van der Waals surface area (Å²) >= 11 is 3.43. The Morgan fingerprint density at radius 2 is 2.14 bits per heavy atom. The maximum absolute atomic E-state index is 12.6. The SMILES string of the molecule is Cc1cc(Br)cc2cc(C(=O)N3CCCC(C(=O)O)C3)oc12. The molecule has 0 bridgehead atoms. The molecule has 0 saturated carbocycles. The van der Waals surface area contributed by atoms with E-state index >= 15 is 0 Å². The number of fused-ring (bicyclic) bond motifs is 1. The van der Waals surface area contributed by atoms with Crippen molar-refractivity contribution < 1.29 is 19.1 Å². The highest BCUT2D eigenvalue weighted by molar-refractivity contribution is 9.10. The van der Waals surface area contributed by atoms with Gasteiger partial charge in [0, 0.05) is 22.9 Å². The van der Waals surface area contributed by atoms with Crippen LogP contribution < -0.4 is 0 Å². The predicted molar refractivity (Wildman–Crippen MR) is 84.9 cm³/mol. The lowest BCUT2D eigenvalue weighted by atomic mass is 9.98. The summed E-state index contributed by atoms with van der Waals surface area (Å²) < 4.78 is 6.64. The van der Waals surface area contributed by atoms with Gasteiger partial charge in [-0.2, -0.15) is 0 Å². The highest BCUT2D eigenvalue weighted by atomic mass is 79.9. The molecule has 6 heteroatoms. The van der Waals surface area contributed by atoms with E-state index in [0.29, 0.717) is 25.0 Å². The zero-order valence-corrected chi connectivity index (χ0v) is 13.7. The van der Waals surface area contributed by atoms with Crippen molar-refractivity contribution in [3.8, 4) is 0 Å². The van der Waals surface area contributed by atoms with E-state index < -0.39 is 11.9 Å². The number of carbonyl (C=O) groups is 2. The Morgan fingerprint density at radius 3 is 2.86 bits per heavy atom. The Hall–Kier alpha value is -1.82. The number of benzene rings is 1. The number of aryl methyl sites for hydroxylation is 1. The Kier molecular flexibility index (Phi) is 3.95. The second-order valence-corrected chi connectivity index (χ2v) is 6.60. The van der Waals surface area contributed by atoms with Gasteiger partial charge < -0.3 is 14.4 Å². The average molecular weight is 366 g/mol. The molecule has 1 N–H and O–H groups in total. The van der Waals surface area contributed by atoms with Gasteiger partial charge in [0.2, 0.25) is 0 Å². The first-order valence-electron chi connectivity index (χ1n) is 7.17. The van der Waals surface area contributed by atoms with E-state index in [4.69, 9.17) is 9.52 Å². The van der Waals surface area contributed by atoms with Crippen LogP contribution in [-0.4, -0.2) is 35.0 Å². The fourth-order valence-electron chi connectivity index (χ4n) is 2.91. The van der Waals surface area contributed by atoms with Crippen LogP contribution in [0.2, 0.25) is 0 Å². The van der Waals surface area contributed by atoms with Gasteiger partial charge in [0.25, 0.3) is 5.91 Å². The first kappa shape index (κ1) is 15.1. The Morgan fingerprint density at radius 1 is 1.36 bits per heavy atom. The van der Waals surface area contributed by atoms with Crippen LogP contribution in [0.25, 0.3) is 11.0 Å². The first-order valence-corrected chi connectivity index (χ1v) is 7.97. The van der Waals surface area contributed by atoms with E-state index in [1.54, 1.807) is 11.0 Å². The lowest BCUT2D eigenvalue weighted by Gasteiger charge is -2.29. The van der Waals surface area contributed by atoms with Crippen molar-refractivity contribution in [2.75, 3.05) is 13.1 Å². The molecule has 1 unspecified atom stereocenters. The van der Waals surface area contributed by atoms with Gasteiger partial charge in [0.15, 0.2) is 5.76 Å². The molecule has 1 aromatic heterocycles. The third-order valence-corrected chi connectivity index (χ3v) is 4.49. The van der Waals surface area contributed by atoms with E-state index in [1.165, 1.54) is 0 Å². The molecule has 5 nitrogen and oxygen atoms in total. The van der Waals surface area contributed by atoms with Crippen LogP contribution in [0.4, 0.5) is 0 Å². The molecule has 0 spiro atoms. The number of aliphatic carboxylic acids is 1. The van der Waals surface area contributed by atoms with Crippen LogP contribution in [0.15, 0.2) is 27.1 Å². The van der Waals surface area contributed by atoms with E-state index in [2.05, 4.69) is 15.9 Å². The topological polar surface area (TPSA) is 70.8 Å². The van der Waals surface area contributed by atoms with Crippen LogP contribution in [0.1, 0.15) is 29.0 Å². The van der Waals surface area contributed by atoms with Crippen molar-refractivity contribution in [3.05, 3.63) is 34.0 Å². The number of carboxylic acid groups (broad SMARTS) is 1. The summed E-state index contributed by atoms with van der Waals surface area (Å²) in [5.41, 5.74) is 1.64. The van der Waals surface area contributed by atoms with Gasteiger partial charge in [0.1, 0.15) is 5.58 Å². The number of hydrogen-bond donors (Lipinski definition) is 1. The van der Waals surface area contributed by atoms with Crippen LogP contribution in [0, 0.1) is 12.8 Å². The largest absolute Gasteiger partial charge is 0.481 e. The Labute approximate surface area is 136 Å². The van der Waals surface area contributed by atoms with Crippen molar-refractivity contribution in [2.24, 2.45) is 5.92 Å². The van der Waals surface area contributed by atoms with E-state index in [1.807, 2.05) is 19.1 Å². The molecule has 2 heterocycles. The van der Waals surface area contributed by atoms with E-state index in [0.717, 1.165) is 15.4 Å². The molecule has 1 aliphatic rings. The molecule has 2 aromatic rings. The highest BCUT2D eigenvalue weighted by Gasteiger charge is 2.30. The third kappa shape index (κ3) is 2.75. The summed E-state index contributed by atoms with van der Waals surface area (Å²) in [6, 6.07) is 5.56. The number of nitrogens with zero attached hydrogens (tertiary/aromatic N) is 1. The summed E-state index contributed by atoms with van der Waals surface area (Å²) in [7, 11) is 0. The number of halogens is 1. The molecule has 1 fully saturated rings.